The van der Waals surface area contributed by atoms with Gasteiger partial charge in [0.2, 0.25) is 0 Å². The maximum absolute atomic E-state index is 3.62. The molecule has 0 aromatic carbocycles. The Labute approximate surface area is 68.7 Å². The van der Waals surface area contributed by atoms with Crippen LogP contribution in [0.4, 0.5) is 0 Å². The van der Waals surface area contributed by atoms with Gasteiger partial charge >= 0.3 is 0 Å². The van der Waals surface area contributed by atoms with Crippen LogP contribution in [0, 0.1) is 5.41 Å². The van der Waals surface area contributed by atoms with Crippen LogP contribution in [0.1, 0.15) is 26.2 Å². The van der Waals surface area contributed by atoms with Crippen molar-refractivity contribution >= 4 is 0 Å². The molecule has 2 N–H and O–H groups in total. The van der Waals surface area contributed by atoms with Crippen molar-refractivity contribution in [2.75, 3.05) is 19.6 Å². The maximum atomic E-state index is 3.62. The first-order valence-corrected chi connectivity index (χ1v) is 4.75. The molecule has 11 heavy (non-hydrogen) atoms. The molecule has 2 atom stereocenters. The fourth-order valence-corrected chi connectivity index (χ4v) is 2.50. The summed E-state index contributed by atoms with van der Waals surface area (Å²) in [5.41, 5.74) is 0.552. The zero-order chi connectivity index (χ0) is 7.73. The highest BCUT2D eigenvalue weighted by Gasteiger charge is 2.38. The Hall–Kier alpha value is -0.0800. The normalized spacial score (nSPS) is 45.0. The zero-order valence-electron chi connectivity index (χ0n) is 7.32. The smallest absolute Gasteiger partial charge is 0.0133 e. The Kier molecular flexibility index (Phi) is 1.90. The molecule has 2 rings (SSSR count). The molecule has 2 heteroatoms. The second kappa shape index (κ2) is 2.76. The van der Waals surface area contributed by atoms with E-state index in [9.17, 15) is 0 Å². The van der Waals surface area contributed by atoms with E-state index in [1.54, 1.807) is 0 Å². The predicted molar refractivity (Wildman–Crippen MR) is 46.6 cm³/mol. The molecule has 1 heterocycles. The van der Waals surface area contributed by atoms with Gasteiger partial charge in [-0.05, 0) is 18.3 Å². The first-order chi connectivity index (χ1) is 5.31. The third kappa shape index (κ3) is 1.30. The highest BCUT2D eigenvalue weighted by molar-refractivity contribution is 4.96. The van der Waals surface area contributed by atoms with Gasteiger partial charge in [-0.3, -0.25) is 0 Å². The van der Waals surface area contributed by atoms with E-state index < -0.39 is 0 Å². The van der Waals surface area contributed by atoms with Crippen molar-refractivity contribution in [3.63, 3.8) is 0 Å². The Balaban J connectivity index is 2.09. The molecule has 0 aromatic rings. The highest BCUT2D eigenvalue weighted by Crippen LogP contribution is 2.37. The molecular formula is C9H18N2. The summed E-state index contributed by atoms with van der Waals surface area (Å²) in [5, 5.41) is 7.12. The van der Waals surface area contributed by atoms with Gasteiger partial charge in [0, 0.05) is 25.7 Å². The third-order valence-corrected chi connectivity index (χ3v) is 3.30. The van der Waals surface area contributed by atoms with Crippen LogP contribution in [0.5, 0.6) is 0 Å². The molecule has 2 aliphatic rings. The highest BCUT2D eigenvalue weighted by atomic mass is 15.0. The van der Waals surface area contributed by atoms with E-state index in [4.69, 9.17) is 0 Å². The van der Waals surface area contributed by atoms with E-state index in [1.807, 2.05) is 0 Å². The Morgan fingerprint density at radius 3 is 3.18 bits per heavy atom. The van der Waals surface area contributed by atoms with Gasteiger partial charge in [0.05, 0.1) is 0 Å². The number of rotatable bonds is 0. The second-order valence-electron chi connectivity index (χ2n) is 4.23. The van der Waals surface area contributed by atoms with Gasteiger partial charge in [-0.1, -0.05) is 13.3 Å². The Bertz CT molecular complexity index is 146. The van der Waals surface area contributed by atoms with Crippen molar-refractivity contribution in [3.05, 3.63) is 0 Å². The number of fused-ring (bicyclic) bond motifs is 1. The summed E-state index contributed by atoms with van der Waals surface area (Å²) < 4.78 is 0. The Morgan fingerprint density at radius 2 is 2.27 bits per heavy atom. The van der Waals surface area contributed by atoms with Crippen LogP contribution in [0.15, 0.2) is 0 Å². The molecule has 1 aliphatic heterocycles. The molecule has 64 valence electrons. The van der Waals surface area contributed by atoms with E-state index in [0.29, 0.717) is 5.41 Å². The molecule has 1 saturated heterocycles. The first-order valence-electron chi connectivity index (χ1n) is 4.75. The maximum Gasteiger partial charge on any atom is 0.0133 e. The van der Waals surface area contributed by atoms with Crippen molar-refractivity contribution in [1.82, 2.24) is 10.6 Å². The average molecular weight is 154 g/mol. The number of nitrogens with one attached hydrogen (secondary N) is 2. The van der Waals surface area contributed by atoms with Crippen LogP contribution in [0.25, 0.3) is 0 Å². The topological polar surface area (TPSA) is 24.1 Å². The van der Waals surface area contributed by atoms with Gasteiger partial charge in [0.15, 0.2) is 0 Å². The van der Waals surface area contributed by atoms with Gasteiger partial charge in [-0.2, -0.15) is 0 Å². The minimum Gasteiger partial charge on any atom is -0.315 e. The summed E-state index contributed by atoms with van der Waals surface area (Å²) in [6.07, 6.45) is 4.20. The fraction of sp³-hybridized carbons (Fsp3) is 1.00. The summed E-state index contributed by atoms with van der Waals surface area (Å²) in [7, 11) is 0. The van der Waals surface area contributed by atoms with Gasteiger partial charge in [-0.25, -0.2) is 0 Å². The van der Waals surface area contributed by atoms with E-state index in [-0.39, 0.29) is 0 Å². The average Bonchev–Trinajstić information content (AvgIpc) is 2.24. The summed E-state index contributed by atoms with van der Waals surface area (Å²) in [6, 6.07) is 0.789. The standard InChI is InChI=1S/C9H18N2/c1-9-4-2-3-8(9)11-6-5-10-7-9/h8,10-11H,2-7H2,1H3/t8-,9+/m0/s1. The van der Waals surface area contributed by atoms with E-state index in [2.05, 4.69) is 17.6 Å². The van der Waals surface area contributed by atoms with Gasteiger partial charge in [-0.15, -0.1) is 0 Å². The lowest BCUT2D eigenvalue weighted by Crippen LogP contribution is -2.40. The van der Waals surface area contributed by atoms with E-state index in [0.717, 1.165) is 19.1 Å². The molecule has 0 bridgehead atoms. The van der Waals surface area contributed by atoms with E-state index in [1.165, 1.54) is 25.8 Å². The van der Waals surface area contributed by atoms with Crippen molar-refractivity contribution in [1.29, 1.82) is 0 Å². The molecule has 1 aliphatic carbocycles. The molecule has 0 amide bonds. The fourth-order valence-electron chi connectivity index (χ4n) is 2.50. The van der Waals surface area contributed by atoms with Crippen LogP contribution in [-0.4, -0.2) is 25.7 Å². The lowest BCUT2D eigenvalue weighted by molar-refractivity contribution is 0.270. The van der Waals surface area contributed by atoms with E-state index >= 15 is 0 Å². The van der Waals surface area contributed by atoms with Crippen LogP contribution in [-0.2, 0) is 0 Å². The first kappa shape index (κ1) is 7.56. The molecule has 0 spiro atoms. The summed E-state index contributed by atoms with van der Waals surface area (Å²) in [5.74, 6) is 0. The SMILES string of the molecule is C[C@]12CCC[C@@H]1NCCNC2. The molecule has 2 nitrogen and oxygen atoms in total. The van der Waals surface area contributed by atoms with Crippen LogP contribution in [0.2, 0.25) is 0 Å². The summed E-state index contributed by atoms with van der Waals surface area (Å²) >= 11 is 0. The summed E-state index contributed by atoms with van der Waals surface area (Å²) in [4.78, 5) is 0. The monoisotopic (exact) mass is 154 g/mol. The van der Waals surface area contributed by atoms with Gasteiger partial charge in [0.25, 0.3) is 0 Å². The molecular weight excluding hydrogens is 136 g/mol. The van der Waals surface area contributed by atoms with Crippen LogP contribution >= 0.6 is 0 Å². The lowest BCUT2D eigenvalue weighted by atomic mass is 9.85. The van der Waals surface area contributed by atoms with Gasteiger partial charge < -0.3 is 10.6 Å². The predicted octanol–water partition coefficient (Wildman–Crippen LogP) is 0.738. The largest absolute Gasteiger partial charge is 0.315 e. The molecule has 0 aromatic heterocycles. The minimum atomic E-state index is 0.552. The quantitative estimate of drug-likeness (QED) is 0.538. The zero-order valence-corrected chi connectivity index (χ0v) is 7.32. The molecule has 2 fully saturated rings. The Morgan fingerprint density at radius 1 is 1.36 bits per heavy atom. The second-order valence-corrected chi connectivity index (χ2v) is 4.23. The van der Waals surface area contributed by atoms with Crippen molar-refractivity contribution in [2.45, 2.75) is 32.2 Å². The summed E-state index contributed by atoms with van der Waals surface area (Å²) in [6.45, 7) is 5.92. The third-order valence-electron chi connectivity index (χ3n) is 3.30. The number of hydrogen-bond acceptors (Lipinski definition) is 2. The molecule has 1 saturated carbocycles. The lowest BCUT2D eigenvalue weighted by Gasteiger charge is -2.29. The minimum absolute atomic E-state index is 0.552. The molecule has 0 unspecified atom stereocenters. The van der Waals surface area contributed by atoms with Crippen LogP contribution < -0.4 is 10.6 Å². The van der Waals surface area contributed by atoms with Gasteiger partial charge in [0.1, 0.15) is 0 Å². The van der Waals surface area contributed by atoms with Crippen LogP contribution in [0.3, 0.4) is 0 Å². The van der Waals surface area contributed by atoms with Crippen molar-refractivity contribution in [2.24, 2.45) is 5.41 Å². The van der Waals surface area contributed by atoms with Crippen molar-refractivity contribution < 1.29 is 0 Å². The number of hydrogen-bond donors (Lipinski definition) is 2. The molecule has 0 radical (unpaired) electrons. The van der Waals surface area contributed by atoms with Crippen molar-refractivity contribution in [3.8, 4) is 0 Å².